The Balaban J connectivity index is 1.30. The summed E-state index contributed by atoms with van der Waals surface area (Å²) in [5.74, 6) is 1.20. The Labute approximate surface area is 197 Å². The maximum Gasteiger partial charge on any atom is 0.114 e. The Hall–Kier alpha value is -2.37. The molecule has 0 amide bonds. The van der Waals surface area contributed by atoms with Crippen LogP contribution in [0, 0.1) is 5.41 Å². The van der Waals surface area contributed by atoms with Gasteiger partial charge >= 0.3 is 0 Å². The maximum atomic E-state index is 5.52. The molecule has 3 aliphatic rings. The predicted octanol–water partition coefficient (Wildman–Crippen LogP) is 4.51. The largest absolute Gasteiger partial charge is 0.380 e. The smallest absolute Gasteiger partial charge is 0.114 e. The zero-order valence-electron chi connectivity index (χ0n) is 20.1. The fraction of sp³-hybridized carbons (Fsp3) is 0.536. The number of likely N-dealkylation sites (tertiary alicyclic amines) is 1. The number of hydrogen-bond donors (Lipinski definition) is 0. The molecule has 5 nitrogen and oxygen atoms in total. The van der Waals surface area contributed by atoms with Crippen molar-refractivity contribution in [2.45, 2.75) is 51.6 Å². The van der Waals surface area contributed by atoms with Gasteiger partial charge in [-0.1, -0.05) is 30.3 Å². The van der Waals surface area contributed by atoms with Crippen LogP contribution in [0.15, 0.2) is 42.5 Å². The summed E-state index contributed by atoms with van der Waals surface area (Å²) < 4.78 is 8.03. The average molecular weight is 445 g/mol. The fourth-order valence-electron chi connectivity index (χ4n) is 5.98. The number of aryl methyl sites for hydroxylation is 1. The topological polar surface area (TPSA) is 33.5 Å². The van der Waals surface area contributed by atoms with Crippen LogP contribution in [0.25, 0.3) is 11.0 Å². The van der Waals surface area contributed by atoms with Gasteiger partial charge in [0.25, 0.3) is 0 Å². The second-order valence-electron chi connectivity index (χ2n) is 10.6. The van der Waals surface area contributed by atoms with Crippen molar-refractivity contribution in [3.63, 3.8) is 0 Å². The van der Waals surface area contributed by atoms with E-state index in [0.29, 0.717) is 11.5 Å². The highest BCUT2D eigenvalue weighted by Crippen LogP contribution is 2.39. The van der Waals surface area contributed by atoms with Crippen LogP contribution in [-0.2, 0) is 24.1 Å². The summed E-state index contributed by atoms with van der Waals surface area (Å²) in [6.07, 6.45) is 5.77. The standard InChI is InChI=1S/C28H36N4O/c1-21-8-9-23-24(30(21)2)10-11-25-27(23)29-26(18-22-6-4-3-5-7-22)32(25)17-16-31-14-12-28(13-15-31)19-33-20-28/h3-7,10-11,21H,8-9,12-20H2,1-2H3. The number of anilines is 1. The molecule has 1 atom stereocenters. The average Bonchev–Trinajstić information content (AvgIpc) is 3.17. The van der Waals surface area contributed by atoms with E-state index < -0.39 is 0 Å². The zero-order valence-corrected chi connectivity index (χ0v) is 20.1. The number of fused-ring (bicyclic) bond motifs is 3. The van der Waals surface area contributed by atoms with Gasteiger partial charge in [-0.05, 0) is 63.4 Å². The lowest BCUT2D eigenvalue weighted by Gasteiger charge is -2.47. The van der Waals surface area contributed by atoms with Gasteiger partial charge in [-0.15, -0.1) is 0 Å². The maximum absolute atomic E-state index is 5.52. The monoisotopic (exact) mass is 444 g/mol. The fourth-order valence-corrected chi connectivity index (χ4v) is 5.98. The first kappa shape index (κ1) is 21.2. The van der Waals surface area contributed by atoms with E-state index >= 15 is 0 Å². The van der Waals surface area contributed by atoms with Gasteiger partial charge in [-0.3, -0.25) is 0 Å². The quantitative estimate of drug-likeness (QED) is 0.580. The molecular weight excluding hydrogens is 408 g/mol. The molecule has 2 saturated heterocycles. The van der Waals surface area contributed by atoms with E-state index in [1.807, 2.05) is 0 Å². The highest BCUT2D eigenvalue weighted by Gasteiger charge is 2.41. The normalized spacial score (nSPS) is 22.5. The van der Waals surface area contributed by atoms with E-state index in [9.17, 15) is 0 Å². The number of benzene rings is 2. The molecule has 2 fully saturated rings. The molecule has 3 aliphatic heterocycles. The lowest BCUT2D eigenvalue weighted by molar-refractivity contribution is -0.139. The molecule has 0 N–H and O–H groups in total. The first-order valence-electron chi connectivity index (χ1n) is 12.7. The van der Waals surface area contributed by atoms with Crippen LogP contribution in [-0.4, -0.2) is 60.4 Å². The van der Waals surface area contributed by atoms with Crippen molar-refractivity contribution in [3.8, 4) is 0 Å². The molecule has 5 heteroatoms. The van der Waals surface area contributed by atoms with Gasteiger partial charge in [0.1, 0.15) is 5.82 Å². The molecule has 4 heterocycles. The Morgan fingerprint density at radius 3 is 2.55 bits per heavy atom. The van der Waals surface area contributed by atoms with Crippen LogP contribution in [0.5, 0.6) is 0 Å². The third-order valence-electron chi connectivity index (χ3n) is 8.51. The van der Waals surface area contributed by atoms with Gasteiger partial charge in [-0.2, -0.15) is 0 Å². The van der Waals surface area contributed by atoms with E-state index in [1.54, 1.807) is 0 Å². The van der Waals surface area contributed by atoms with Crippen LogP contribution in [0.3, 0.4) is 0 Å². The molecule has 0 saturated carbocycles. The Kier molecular flexibility index (Phi) is 5.42. The summed E-state index contributed by atoms with van der Waals surface area (Å²) in [5.41, 5.74) is 7.16. The minimum absolute atomic E-state index is 0.499. The first-order valence-corrected chi connectivity index (χ1v) is 12.7. The van der Waals surface area contributed by atoms with Gasteiger partial charge in [0.15, 0.2) is 0 Å². The third-order valence-corrected chi connectivity index (χ3v) is 8.51. The van der Waals surface area contributed by atoms with Crippen LogP contribution in [0.1, 0.15) is 43.1 Å². The zero-order chi connectivity index (χ0) is 22.4. The molecule has 1 spiro atoms. The minimum Gasteiger partial charge on any atom is -0.380 e. The van der Waals surface area contributed by atoms with Gasteiger partial charge in [0.05, 0.1) is 24.2 Å². The molecule has 2 aromatic carbocycles. The highest BCUT2D eigenvalue weighted by atomic mass is 16.5. The summed E-state index contributed by atoms with van der Waals surface area (Å²) in [6, 6.07) is 16.0. The Bertz CT molecular complexity index is 1120. The molecule has 0 bridgehead atoms. The van der Waals surface area contributed by atoms with Crippen LogP contribution < -0.4 is 4.90 Å². The number of piperidine rings is 1. The number of rotatable bonds is 5. The third kappa shape index (κ3) is 3.85. The number of nitrogens with zero attached hydrogens (tertiary/aromatic N) is 4. The Morgan fingerprint density at radius 2 is 1.82 bits per heavy atom. The SMILES string of the molecule is CC1CCc2c(ccc3c2nc(Cc2ccccc2)n3CCN2CCC3(CC2)COC3)N1C. The van der Waals surface area contributed by atoms with Crippen LogP contribution >= 0.6 is 0 Å². The van der Waals surface area contributed by atoms with Crippen molar-refractivity contribution in [2.75, 3.05) is 44.8 Å². The van der Waals surface area contributed by atoms with Gasteiger partial charge in [0.2, 0.25) is 0 Å². The van der Waals surface area contributed by atoms with Crippen LogP contribution in [0.2, 0.25) is 0 Å². The molecular formula is C28H36N4O. The molecule has 1 unspecified atom stereocenters. The van der Waals surface area contributed by atoms with Crippen molar-refractivity contribution in [1.82, 2.24) is 14.5 Å². The van der Waals surface area contributed by atoms with Gasteiger partial charge < -0.3 is 19.1 Å². The molecule has 33 heavy (non-hydrogen) atoms. The van der Waals surface area contributed by atoms with E-state index in [0.717, 1.165) is 39.1 Å². The summed E-state index contributed by atoms with van der Waals surface area (Å²) in [5, 5.41) is 0. The summed E-state index contributed by atoms with van der Waals surface area (Å²) in [6.45, 7) is 8.78. The van der Waals surface area contributed by atoms with Crippen molar-refractivity contribution in [1.29, 1.82) is 0 Å². The second-order valence-corrected chi connectivity index (χ2v) is 10.6. The highest BCUT2D eigenvalue weighted by molar-refractivity contribution is 5.86. The number of hydrogen-bond acceptors (Lipinski definition) is 4. The number of ether oxygens (including phenoxy) is 1. The first-order chi connectivity index (χ1) is 16.1. The minimum atomic E-state index is 0.499. The second kappa shape index (κ2) is 8.44. The predicted molar refractivity (Wildman–Crippen MR) is 134 cm³/mol. The molecule has 174 valence electrons. The molecule has 6 rings (SSSR count). The van der Waals surface area contributed by atoms with Crippen molar-refractivity contribution in [3.05, 3.63) is 59.4 Å². The van der Waals surface area contributed by atoms with Crippen molar-refractivity contribution in [2.24, 2.45) is 5.41 Å². The van der Waals surface area contributed by atoms with E-state index in [1.165, 1.54) is 66.0 Å². The molecule has 1 aromatic heterocycles. The van der Waals surface area contributed by atoms with Gasteiger partial charge in [-0.25, -0.2) is 4.98 Å². The number of aromatic nitrogens is 2. The summed E-state index contributed by atoms with van der Waals surface area (Å²) >= 11 is 0. The summed E-state index contributed by atoms with van der Waals surface area (Å²) in [7, 11) is 2.23. The molecule has 0 aliphatic carbocycles. The lowest BCUT2D eigenvalue weighted by Crippen LogP contribution is -2.51. The number of imidazole rings is 1. The lowest BCUT2D eigenvalue weighted by atomic mass is 9.77. The van der Waals surface area contributed by atoms with Crippen molar-refractivity contribution < 1.29 is 4.74 Å². The van der Waals surface area contributed by atoms with Crippen molar-refractivity contribution >= 4 is 16.7 Å². The van der Waals surface area contributed by atoms with E-state index in [-0.39, 0.29) is 0 Å². The molecule has 0 radical (unpaired) electrons. The molecule has 3 aromatic rings. The summed E-state index contributed by atoms with van der Waals surface area (Å²) in [4.78, 5) is 10.4. The van der Waals surface area contributed by atoms with E-state index in [4.69, 9.17) is 9.72 Å². The Morgan fingerprint density at radius 1 is 1.03 bits per heavy atom. The van der Waals surface area contributed by atoms with Crippen LogP contribution in [0.4, 0.5) is 5.69 Å². The van der Waals surface area contributed by atoms with Gasteiger partial charge in [0, 0.05) is 49.3 Å². The van der Waals surface area contributed by atoms with E-state index in [2.05, 4.69) is 70.8 Å².